The van der Waals surface area contributed by atoms with Crippen LogP contribution in [0.5, 0.6) is 0 Å². The van der Waals surface area contributed by atoms with E-state index >= 15 is 0 Å². The van der Waals surface area contributed by atoms with Crippen molar-refractivity contribution < 1.29 is 50.0 Å². The first-order valence-electron chi connectivity index (χ1n) is 34.9. The van der Waals surface area contributed by atoms with Crippen LogP contribution in [0.2, 0.25) is 0 Å². The Kier molecular flexibility index (Phi) is 56.0. The average molecular weight is 1150 g/mol. The standard InChI is InChI=1S/C70H133NO10/c1-3-5-7-9-11-13-15-17-19-21-23-24-25-26-27-28-29-30-31-32-33-34-35-36-37-38-39-40-42-44-46-48-50-52-54-56-58-63(74)69(79)71-61(60-80-70-68(78)67(77)66(76)64(59-72)81-70)65(75)62(73)57-55-53-51-49-47-45-43-41-22-20-18-16-14-12-10-8-6-4-2/h16,18,41,43,49,51,61-68,70,72-78H,3-15,17,19-40,42,44-48,50,52-60H2,1-2H3,(H,71,79)/b18-16+,43-41+,51-49+. The third kappa shape index (κ3) is 46.3. The second kappa shape index (κ2) is 58.7. The highest BCUT2D eigenvalue weighted by Crippen LogP contribution is 2.24. The summed E-state index contributed by atoms with van der Waals surface area (Å²) in [7, 11) is 0. The van der Waals surface area contributed by atoms with Crippen LogP contribution in [0.25, 0.3) is 0 Å². The number of carbonyl (C=O) groups is 1. The molecule has 9 atom stereocenters. The Labute approximate surface area is 498 Å². The van der Waals surface area contributed by atoms with Crippen molar-refractivity contribution in [3.05, 3.63) is 36.5 Å². The van der Waals surface area contributed by atoms with Gasteiger partial charge in [-0.2, -0.15) is 0 Å². The van der Waals surface area contributed by atoms with Gasteiger partial charge in [0.15, 0.2) is 6.29 Å². The van der Waals surface area contributed by atoms with E-state index in [0.717, 1.165) is 44.9 Å². The quantitative estimate of drug-likeness (QED) is 0.0215. The van der Waals surface area contributed by atoms with E-state index in [4.69, 9.17) is 9.47 Å². The molecule has 0 aromatic carbocycles. The lowest BCUT2D eigenvalue weighted by Crippen LogP contribution is -2.60. The fraction of sp³-hybridized carbons (Fsp3) is 0.900. The molecule has 1 aliphatic rings. The summed E-state index contributed by atoms with van der Waals surface area (Å²) in [4.78, 5) is 13.2. The second-order valence-electron chi connectivity index (χ2n) is 24.6. The third-order valence-corrected chi connectivity index (χ3v) is 16.9. The number of nitrogens with one attached hydrogen (secondary N) is 1. The van der Waals surface area contributed by atoms with Gasteiger partial charge >= 0.3 is 0 Å². The molecule has 478 valence electrons. The van der Waals surface area contributed by atoms with Crippen LogP contribution < -0.4 is 5.32 Å². The first kappa shape index (κ1) is 77.3. The molecule has 0 saturated carbocycles. The summed E-state index contributed by atoms with van der Waals surface area (Å²) in [6, 6.07) is -1.19. The highest BCUT2D eigenvalue weighted by Gasteiger charge is 2.44. The number of carbonyl (C=O) groups excluding carboxylic acids is 1. The number of amides is 1. The summed E-state index contributed by atoms with van der Waals surface area (Å²) < 4.78 is 11.2. The molecule has 0 aromatic rings. The van der Waals surface area contributed by atoms with Gasteiger partial charge in [-0.05, 0) is 64.2 Å². The van der Waals surface area contributed by atoms with Gasteiger partial charge in [0.05, 0.1) is 25.4 Å². The van der Waals surface area contributed by atoms with Crippen LogP contribution in [0.1, 0.15) is 335 Å². The zero-order valence-corrected chi connectivity index (χ0v) is 52.8. The van der Waals surface area contributed by atoms with E-state index in [1.165, 1.54) is 244 Å². The molecule has 1 amide bonds. The number of aliphatic hydroxyl groups is 7. The second-order valence-corrected chi connectivity index (χ2v) is 24.6. The minimum absolute atomic E-state index is 0.242. The van der Waals surface area contributed by atoms with Gasteiger partial charge in [0.1, 0.15) is 36.6 Å². The van der Waals surface area contributed by atoms with E-state index in [1.807, 2.05) is 0 Å². The molecule has 81 heavy (non-hydrogen) atoms. The lowest BCUT2D eigenvalue weighted by Gasteiger charge is -2.40. The van der Waals surface area contributed by atoms with Crippen molar-refractivity contribution in [3.8, 4) is 0 Å². The Bertz CT molecular complexity index is 1410. The van der Waals surface area contributed by atoms with Crippen LogP contribution in [0.15, 0.2) is 36.5 Å². The molecule has 0 spiro atoms. The maximum Gasteiger partial charge on any atom is 0.249 e. The first-order valence-corrected chi connectivity index (χ1v) is 34.9. The van der Waals surface area contributed by atoms with Crippen molar-refractivity contribution >= 4 is 5.91 Å². The Morgan fingerprint density at radius 2 is 0.741 bits per heavy atom. The molecule has 11 heteroatoms. The van der Waals surface area contributed by atoms with Gasteiger partial charge in [-0.15, -0.1) is 0 Å². The minimum atomic E-state index is -1.67. The maximum atomic E-state index is 13.2. The number of hydrogen-bond donors (Lipinski definition) is 8. The zero-order chi connectivity index (χ0) is 58.9. The Morgan fingerprint density at radius 1 is 0.420 bits per heavy atom. The number of aliphatic hydroxyl groups excluding tert-OH is 7. The van der Waals surface area contributed by atoms with Gasteiger partial charge < -0.3 is 50.5 Å². The number of unbranched alkanes of at least 4 members (excludes halogenated alkanes) is 43. The highest BCUT2D eigenvalue weighted by atomic mass is 16.7. The van der Waals surface area contributed by atoms with Gasteiger partial charge in [-0.3, -0.25) is 4.79 Å². The molecule has 11 nitrogen and oxygen atoms in total. The molecule has 8 N–H and O–H groups in total. The number of allylic oxidation sites excluding steroid dienone is 6. The van der Waals surface area contributed by atoms with Crippen LogP contribution in [-0.4, -0.2) is 110 Å². The first-order chi connectivity index (χ1) is 39.7. The Balaban J connectivity index is 2.15. The molecule has 0 aliphatic carbocycles. The molecule has 1 fully saturated rings. The Morgan fingerprint density at radius 3 is 1.10 bits per heavy atom. The van der Waals surface area contributed by atoms with E-state index in [9.17, 15) is 40.5 Å². The zero-order valence-electron chi connectivity index (χ0n) is 52.8. The van der Waals surface area contributed by atoms with E-state index < -0.39 is 74.2 Å². The summed E-state index contributed by atoms with van der Waals surface area (Å²) in [6.45, 7) is 3.46. The maximum absolute atomic E-state index is 13.2. The third-order valence-electron chi connectivity index (χ3n) is 16.9. The fourth-order valence-corrected chi connectivity index (χ4v) is 11.3. The van der Waals surface area contributed by atoms with E-state index in [1.54, 1.807) is 0 Å². The van der Waals surface area contributed by atoms with E-state index in [0.29, 0.717) is 19.3 Å². The van der Waals surface area contributed by atoms with Crippen LogP contribution in [0.3, 0.4) is 0 Å². The van der Waals surface area contributed by atoms with Crippen molar-refractivity contribution in [1.29, 1.82) is 0 Å². The average Bonchev–Trinajstić information content (AvgIpc) is 3.49. The number of rotatable bonds is 61. The minimum Gasteiger partial charge on any atom is -0.394 e. The Hall–Kier alpha value is -1.67. The number of ether oxygens (including phenoxy) is 2. The van der Waals surface area contributed by atoms with Crippen LogP contribution >= 0.6 is 0 Å². The molecule has 1 aliphatic heterocycles. The molecular formula is C70H133NO10. The fourth-order valence-electron chi connectivity index (χ4n) is 11.3. The molecule has 1 heterocycles. The van der Waals surface area contributed by atoms with Crippen molar-refractivity contribution in [1.82, 2.24) is 5.32 Å². The van der Waals surface area contributed by atoms with Gasteiger partial charge in [0.2, 0.25) is 5.91 Å². The molecule has 1 saturated heterocycles. The van der Waals surface area contributed by atoms with Crippen LogP contribution in [0.4, 0.5) is 0 Å². The topological polar surface area (TPSA) is 189 Å². The molecule has 0 aromatic heterocycles. The van der Waals surface area contributed by atoms with Crippen LogP contribution in [-0.2, 0) is 14.3 Å². The van der Waals surface area contributed by atoms with Crippen LogP contribution in [0, 0.1) is 0 Å². The normalized spacial score (nSPS) is 19.3. The monoisotopic (exact) mass is 1150 g/mol. The molecule has 9 unspecified atom stereocenters. The summed E-state index contributed by atoms with van der Waals surface area (Å²) >= 11 is 0. The molecule has 1 rings (SSSR count). The smallest absolute Gasteiger partial charge is 0.249 e. The van der Waals surface area contributed by atoms with E-state index in [-0.39, 0.29) is 12.8 Å². The summed E-state index contributed by atoms with van der Waals surface area (Å²) in [5.74, 6) is -0.707. The van der Waals surface area contributed by atoms with Gasteiger partial charge in [0, 0.05) is 0 Å². The lowest BCUT2D eigenvalue weighted by atomic mass is 9.98. The predicted octanol–water partition coefficient (Wildman–Crippen LogP) is 16.6. The summed E-state index contributed by atoms with van der Waals surface area (Å²) in [5, 5.41) is 76.3. The number of hydrogen-bond acceptors (Lipinski definition) is 10. The van der Waals surface area contributed by atoms with Gasteiger partial charge in [-0.25, -0.2) is 0 Å². The van der Waals surface area contributed by atoms with Crippen molar-refractivity contribution in [3.63, 3.8) is 0 Å². The lowest BCUT2D eigenvalue weighted by molar-refractivity contribution is -0.303. The predicted molar refractivity (Wildman–Crippen MR) is 339 cm³/mol. The van der Waals surface area contributed by atoms with Gasteiger partial charge in [0.25, 0.3) is 0 Å². The highest BCUT2D eigenvalue weighted by molar-refractivity contribution is 5.80. The SMILES string of the molecule is CCCCCCC/C=C/CC/C=C/CC/C=C/CCCC(O)C(O)C(COC1OC(CO)C(O)C(O)C1O)NC(=O)C(O)CCCCCCCCCCCCCCCCCCCCCCCCCCCCCCCCCCCCCC. The summed E-state index contributed by atoms with van der Waals surface area (Å²) in [5.41, 5.74) is 0. The largest absolute Gasteiger partial charge is 0.394 e. The summed E-state index contributed by atoms with van der Waals surface area (Å²) in [6.07, 6.45) is 63.9. The van der Waals surface area contributed by atoms with Crippen molar-refractivity contribution in [2.24, 2.45) is 0 Å². The van der Waals surface area contributed by atoms with Crippen molar-refractivity contribution in [2.45, 2.75) is 390 Å². The van der Waals surface area contributed by atoms with Gasteiger partial charge in [-0.1, -0.05) is 307 Å². The molecular weight excluding hydrogens is 1010 g/mol. The van der Waals surface area contributed by atoms with E-state index in [2.05, 4.69) is 55.6 Å². The molecule has 0 bridgehead atoms. The molecule has 0 radical (unpaired) electrons. The van der Waals surface area contributed by atoms with Crippen molar-refractivity contribution in [2.75, 3.05) is 13.2 Å².